The number of halogens is 2. The fourth-order valence-corrected chi connectivity index (χ4v) is 3.37. The molecule has 0 atom stereocenters. The van der Waals surface area contributed by atoms with Crippen LogP contribution in [0.3, 0.4) is 0 Å². The quantitative estimate of drug-likeness (QED) is 0.799. The maximum Gasteiger partial charge on any atom is 0.253 e. The van der Waals surface area contributed by atoms with Gasteiger partial charge in [0.05, 0.1) is 6.61 Å². The zero-order valence-electron chi connectivity index (χ0n) is 14.8. The summed E-state index contributed by atoms with van der Waals surface area (Å²) in [6.07, 6.45) is 0. The van der Waals surface area contributed by atoms with Crippen LogP contribution in [0.4, 0.5) is 4.39 Å². The van der Waals surface area contributed by atoms with Crippen LogP contribution >= 0.6 is 11.6 Å². The molecule has 3 rings (SSSR count). The van der Waals surface area contributed by atoms with Crippen molar-refractivity contribution in [2.75, 3.05) is 33.3 Å². The maximum absolute atomic E-state index is 13.2. The summed E-state index contributed by atoms with van der Waals surface area (Å²) in [5.74, 6) is -0.285. The van der Waals surface area contributed by atoms with Crippen molar-refractivity contribution >= 4 is 17.5 Å². The van der Waals surface area contributed by atoms with Crippen molar-refractivity contribution in [3.8, 4) is 0 Å². The average Bonchev–Trinajstić information content (AvgIpc) is 2.65. The molecule has 1 aliphatic rings. The fourth-order valence-electron chi connectivity index (χ4n) is 3.14. The molecule has 138 valence electrons. The first-order chi connectivity index (χ1) is 12.6. The van der Waals surface area contributed by atoms with Crippen LogP contribution in [-0.4, -0.2) is 49.0 Å². The molecule has 6 heteroatoms. The van der Waals surface area contributed by atoms with Crippen LogP contribution in [0.25, 0.3) is 0 Å². The summed E-state index contributed by atoms with van der Waals surface area (Å²) in [5.41, 5.74) is 2.58. The third kappa shape index (κ3) is 4.61. The van der Waals surface area contributed by atoms with Crippen LogP contribution in [0, 0.1) is 5.82 Å². The van der Waals surface area contributed by atoms with Gasteiger partial charge in [-0.3, -0.25) is 9.69 Å². The number of benzene rings is 2. The molecular formula is C20H22ClFN2O2. The van der Waals surface area contributed by atoms with Gasteiger partial charge >= 0.3 is 0 Å². The molecule has 0 N–H and O–H groups in total. The van der Waals surface area contributed by atoms with Gasteiger partial charge in [-0.15, -0.1) is 0 Å². The Labute approximate surface area is 158 Å². The Morgan fingerprint density at radius 3 is 2.62 bits per heavy atom. The van der Waals surface area contributed by atoms with Gasteiger partial charge in [-0.05, 0) is 35.4 Å². The van der Waals surface area contributed by atoms with Gasteiger partial charge in [0.25, 0.3) is 5.91 Å². The number of ether oxygens (including phenoxy) is 1. The number of hydrogen-bond donors (Lipinski definition) is 0. The molecule has 4 nitrogen and oxygen atoms in total. The van der Waals surface area contributed by atoms with Crippen molar-refractivity contribution in [1.29, 1.82) is 0 Å². The van der Waals surface area contributed by atoms with E-state index in [0.29, 0.717) is 36.8 Å². The molecular weight excluding hydrogens is 355 g/mol. The molecule has 0 radical (unpaired) electrons. The van der Waals surface area contributed by atoms with Gasteiger partial charge in [-0.25, -0.2) is 4.39 Å². The van der Waals surface area contributed by atoms with Crippen LogP contribution in [0.5, 0.6) is 0 Å². The Balaban J connectivity index is 1.57. The summed E-state index contributed by atoms with van der Waals surface area (Å²) in [6, 6.07) is 12.0. The second-order valence-electron chi connectivity index (χ2n) is 6.44. The van der Waals surface area contributed by atoms with E-state index >= 15 is 0 Å². The van der Waals surface area contributed by atoms with Gasteiger partial charge in [0.1, 0.15) is 5.82 Å². The summed E-state index contributed by atoms with van der Waals surface area (Å²) < 4.78 is 18.3. The molecule has 2 aromatic rings. The number of carbonyl (C=O) groups excluding carboxylic acids is 1. The number of rotatable bonds is 5. The highest BCUT2D eigenvalue weighted by Crippen LogP contribution is 2.20. The molecule has 1 aliphatic heterocycles. The summed E-state index contributed by atoms with van der Waals surface area (Å²) in [5, 5.41) is 0.443. The van der Waals surface area contributed by atoms with E-state index in [2.05, 4.69) is 4.90 Å². The van der Waals surface area contributed by atoms with E-state index in [0.717, 1.165) is 24.2 Å². The van der Waals surface area contributed by atoms with Crippen LogP contribution < -0.4 is 0 Å². The van der Waals surface area contributed by atoms with Crippen LogP contribution in [-0.2, 0) is 17.9 Å². The Bertz CT molecular complexity index is 776. The molecule has 0 aliphatic carbocycles. The summed E-state index contributed by atoms with van der Waals surface area (Å²) in [7, 11) is 1.64. The molecule has 0 bridgehead atoms. The highest BCUT2D eigenvalue weighted by atomic mass is 35.5. The van der Waals surface area contributed by atoms with Gasteiger partial charge in [0, 0.05) is 50.4 Å². The third-order valence-corrected chi connectivity index (χ3v) is 4.91. The molecule has 1 saturated heterocycles. The SMILES string of the molecule is COCc1cccc(C(=O)N2CCN(Cc3ccc(F)cc3Cl)CC2)c1. The number of hydrogen-bond acceptors (Lipinski definition) is 3. The van der Waals surface area contributed by atoms with E-state index in [1.807, 2.05) is 29.2 Å². The molecule has 2 aromatic carbocycles. The summed E-state index contributed by atoms with van der Waals surface area (Å²) in [6.45, 7) is 3.99. The number of carbonyl (C=O) groups is 1. The van der Waals surface area contributed by atoms with Crippen molar-refractivity contribution in [3.63, 3.8) is 0 Å². The van der Waals surface area contributed by atoms with Crippen molar-refractivity contribution in [2.45, 2.75) is 13.2 Å². The number of nitrogens with zero attached hydrogens (tertiary/aromatic N) is 2. The monoisotopic (exact) mass is 376 g/mol. The normalized spacial score (nSPS) is 15.3. The zero-order chi connectivity index (χ0) is 18.5. The lowest BCUT2D eigenvalue weighted by molar-refractivity contribution is 0.0628. The van der Waals surface area contributed by atoms with E-state index in [1.165, 1.54) is 12.1 Å². The molecule has 26 heavy (non-hydrogen) atoms. The molecule has 1 amide bonds. The van der Waals surface area contributed by atoms with Crippen LogP contribution in [0.15, 0.2) is 42.5 Å². The standard InChI is InChI=1S/C20H22ClFN2O2/c1-26-14-15-3-2-4-16(11-15)20(25)24-9-7-23(8-10-24)13-17-5-6-18(22)12-19(17)21/h2-6,11-12H,7-10,13-14H2,1H3. The minimum atomic E-state index is -0.329. The topological polar surface area (TPSA) is 32.8 Å². The lowest BCUT2D eigenvalue weighted by Crippen LogP contribution is -2.48. The van der Waals surface area contributed by atoms with Crippen LogP contribution in [0.2, 0.25) is 5.02 Å². The Kier molecular flexibility index (Phi) is 6.25. The number of methoxy groups -OCH3 is 1. The van der Waals surface area contributed by atoms with Gasteiger partial charge in [0.15, 0.2) is 0 Å². The fraction of sp³-hybridized carbons (Fsp3) is 0.350. The highest BCUT2D eigenvalue weighted by Gasteiger charge is 2.22. The molecule has 1 heterocycles. The van der Waals surface area contributed by atoms with E-state index < -0.39 is 0 Å². The predicted molar refractivity (Wildman–Crippen MR) is 99.7 cm³/mol. The molecule has 0 saturated carbocycles. The van der Waals surface area contributed by atoms with Gasteiger partial charge in [-0.1, -0.05) is 29.8 Å². The summed E-state index contributed by atoms with van der Waals surface area (Å²) in [4.78, 5) is 16.8. The first-order valence-electron chi connectivity index (χ1n) is 8.60. The number of amides is 1. The van der Waals surface area contributed by atoms with Gasteiger partial charge in [-0.2, -0.15) is 0 Å². The second-order valence-corrected chi connectivity index (χ2v) is 6.84. The molecule has 0 spiro atoms. The number of piperazine rings is 1. The minimum Gasteiger partial charge on any atom is -0.380 e. The largest absolute Gasteiger partial charge is 0.380 e. The van der Waals surface area contributed by atoms with Crippen molar-refractivity contribution < 1.29 is 13.9 Å². The molecule has 1 fully saturated rings. The Morgan fingerprint density at radius 2 is 1.92 bits per heavy atom. The summed E-state index contributed by atoms with van der Waals surface area (Å²) >= 11 is 6.11. The predicted octanol–water partition coefficient (Wildman–Crippen LogP) is 3.58. The van der Waals surface area contributed by atoms with E-state index in [1.54, 1.807) is 13.2 Å². The van der Waals surface area contributed by atoms with E-state index in [9.17, 15) is 9.18 Å². The molecule has 0 aromatic heterocycles. The minimum absolute atomic E-state index is 0.0439. The van der Waals surface area contributed by atoms with Crippen molar-refractivity contribution in [1.82, 2.24) is 9.80 Å². The Hall–Kier alpha value is -1.95. The Morgan fingerprint density at radius 1 is 1.15 bits per heavy atom. The lowest BCUT2D eigenvalue weighted by Gasteiger charge is -2.35. The third-order valence-electron chi connectivity index (χ3n) is 4.55. The first kappa shape index (κ1) is 18.8. The van der Waals surface area contributed by atoms with E-state index in [4.69, 9.17) is 16.3 Å². The lowest BCUT2D eigenvalue weighted by atomic mass is 10.1. The van der Waals surface area contributed by atoms with Gasteiger partial charge < -0.3 is 9.64 Å². The average molecular weight is 377 g/mol. The first-order valence-corrected chi connectivity index (χ1v) is 8.98. The van der Waals surface area contributed by atoms with Crippen molar-refractivity contribution in [2.24, 2.45) is 0 Å². The second kappa shape index (κ2) is 8.62. The van der Waals surface area contributed by atoms with Crippen LogP contribution in [0.1, 0.15) is 21.5 Å². The van der Waals surface area contributed by atoms with E-state index in [-0.39, 0.29) is 11.7 Å². The maximum atomic E-state index is 13.2. The zero-order valence-corrected chi connectivity index (χ0v) is 15.5. The highest BCUT2D eigenvalue weighted by molar-refractivity contribution is 6.31. The van der Waals surface area contributed by atoms with Gasteiger partial charge in [0.2, 0.25) is 0 Å². The van der Waals surface area contributed by atoms with Crippen molar-refractivity contribution in [3.05, 3.63) is 70.0 Å². The smallest absolute Gasteiger partial charge is 0.253 e. The molecule has 0 unspecified atom stereocenters.